The number of nitrogens with zero attached hydrogens (tertiary/aromatic N) is 2. The van der Waals surface area contributed by atoms with Crippen molar-refractivity contribution in [3.8, 4) is 0 Å². The van der Waals surface area contributed by atoms with E-state index in [0.29, 0.717) is 55.4 Å². The summed E-state index contributed by atoms with van der Waals surface area (Å²) in [4.78, 5) is 28.6. The van der Waals surface area contributed by atoms with E-state index in [0.717, 1.165) is 0 Å². The quantitative estimate of drug-likeness (QED) is 0.696. The third-order valence-corrected chi connectivity index (χ3v) is 6.05. The van der Waals surface area contributed by atoms with Gasteiger partial charge in [-0.3, -0.25) is 14.5 Å². The summed E-state index contributed by atoms with van der Waals surface area (Å²) in [6, 6.07) is 12.5. The van der Waals surface area contributed by atoms with E-state index in [-0.39, 0.29) is 16.7 Å². The largest absolute Gasteiger partial charge is 0.336 e. The number of hydrogen-bond acceptors (Lipinski definition) is 5. The van der Waals surface area contributed by atoms with Crippen LogP contribution in [-0.4, -0.2) is 62.8 Å². The van der Waals surface area contributed by atoms with Crippen molar-refractivity contribution in [3.05, 3.63) is 59.1 Å². The summed E-state index contributed by atoms with van der Waals surface area (Å²) < 4.78 is 22.5. The predicted octanol–water partition coefficient (Wildman–Crippen LogP) is 1.77. The summed E-state index contributed by atoms with van der Waals surface area (Å²) in [5.74, 6) is -0.190. The molecule has 8 nitrogen and oxygen atoms in total. The highest BCUT2D eigenvalue weighted by atomic mass is 35.5. The van der Waals surface area contributed by atoms with Gasteiger partial charge in [0.25, 0.3) is 5.91 Å². The molecule has 0 saturated carbocycles. The molecule has 1 aliphatic rings. The molecular formula is C20H23ClN4O4S. The van der Waals surface area contributed by atoms with Gasteiger partial charge in [-0.15, -0.1) is 0 Å². The Labute approximate surface area is 180 Å². The average molecular weight is 451 g/mol. The first-order valence-electron chi connectivity index (χ1n) is 9.42. The number of anilines is 1. The Morgan fingerprint density at radius 3 is 2.13 bits per heavy atom. The first-order valence-corrected chi connectivity index (χ1v) is 11.3. The van der Waals surface area contributed by atoms with E-state index in [1.54, 1.807) is 29.2 Å². The summed E-state index contributed by atoms with van der Waals surface area (Å²) in [5.41, 5.74) is 1.12. The third kappa shape index (κ3) is 6.02. The van der Waals surface area contributed by atoms with Crippen LogP contribution in [0.2, 0.25) is 5.02 Å². The number of nitrogens with one attached hydrogen (secondary N) is 1. The maximum atomic E-state index is 12.5. The molecule has 0 aliphatic carbocycles. The normalized spacial score (nSPS) is 15.1. The zero-order chi connectivity index (χ0) is 21.7. The number of piperazine rings is 1. The van der Waals surface area contributed by atoms with Gasteiger partial charge in [0.2, 0.25) is 15.9 Å². The Balaban J connectivity index is 1.42. The summed E-state index contributed by atoms with van der Waals surface area (Å²) >= 11 is 5.86. The number of hydrogen-bond donors (Lipinski definition) is 2. The average Bonchev–Trinajstić information content (AvgIpc) is 2.72. The first kappa shape index (κ1) is 22.2. The minimum Gasteiger partial charge on any atom is -0.336 e. The van der Waals surface area contributed by atoms with E-state index in [2.05, 4.69) is 10.2 Å². The first-order chi connectivity index (χ1) is 14.2. The van der Waals surface area contributed by atoms with Crippen LogP contribution in [0.1, 0.15) is 16.8 Å². The molecule has 0 aromatic heterocycles. The molecule has 1 fully saturated rings. The van der Waals surface area contributed by atoms with E-state index in [9.17, 15) is 18.0 Å². The molecule has 30 heavy (non-hydrogen) atoms. The molecular weight excluding hydrogens is 428 g/mol. The van der Waals surface area contributed by atoms with Crippen molar-refractivity contribution in [3.63, 3.8) is 0 Å². The molecule has 1 heterocycles. The maximum Gasteiger partial charge on any atom is 0.253 e. The van der Waals surface area contributed by atoms with Crippen molar-refractivity contribution < 1.29 is 18.0 Å². The van der Waals surface area contributed by atoms with Gasteiger partial charge >= 0.3 is 0 Å². The lowest BCUT2D eigenvalue weighted by Gasteiger charge is -2.34. The lowest BCUT2D eigenvalue weighted by atomic mass is 10.2. The standard InChI is InChI=1S/C20H23ClN4O4S/c21-16-3-1-15(2-4-16)20(27)25-13-11-24(12-14-25)10-9-19(26)23-17-5-7-18(8-6-17)30(22,28)29/h1-8H,9-14H2,(H,23,26)(H2,22,28,29). The van der Waals surface area contributed by atoms with Gasteiger partial charge in [-0.25, -0.2) is 13.6 Å². The summed E-state index contributed by atoms with van der Waals surface area (Å²) in [6.45, 7) is 3.14. The lowest BCUT2D eigenvalue weighted by molar-refractivity contribution is -0.116. The van der Waals surface area contributed by atoms with Gasteiger partial charge in [-0.05, 0) is 48.5 Å². The number of benzene rings is 2. The number of halogens is 1. The van der Waals surface area contributed by atoms with Crippen molar-refractivity contribution >= 4 is 39.1 Å². The molecule has 1 saturated heterocycles. The van der Waals surface area contributed by atoms with E-state index >= 15 is 0 Å². The summed E-state index contributed by atoms with van der Waals surface area (Å²) in [6.07, 6.45) is 0.294. The molecule has 0 unspecified atom stereocenters. The summed E-state index contributed by atoms with van der Waals surface area (Å²) in [5, 5.41) is 8.38. The number of primary sulfonamides is 1. The Bertz CT molecular complexity index is 1000. The molecule has 0 radical (unpaired) electrons. The summed E-state index contributed by atoms with van der Waals surface area (Å²) in [7, 11) is -3.76. The van der Waals surface area contributed by atoms with Crippen LogP contribution in [-0.2, 0) is 14.8 Å². The molecule has 3 N–H and O–H groups in total. The third-order valence-electron chi connectivity index (χ3n) is 4.87. The van der Waals surface area contributed by atoms with Gasteiger partial charge in [-0.2, -0.15) is 0 Å². The van der Waals surface area contributed by atoms with E-state index < -0.39 is 10.0 Å². The van der Waals surface area contributed by atoms with Crippen molar-refractivity contribution in [2.24, 2.45) is 5.14 Å². The Kier molecular flexibility index (Phi) is 7.09. The van der Waals surface area contributed by atoms with Crippen molar-refractivity contribution in [1.29, 1.82) is 0 Å². The van der Waals surface area contributed by atoms with Gasteiger partial charge in [0.1, 0.15) is 0 Å². The Morgan fingerprint density at radius 2 is 1.57 bits per heavy atom. The van der Waals surface area contributed by atoms with Gasteiger partial charge in [0, 0.05) is 55.4 Å². The molecule has 1 aliphatic heterocycles. The minimum absolute atomic E-state index is 0.00785. The monoisotopic (exact) mass is 450 g/mol. The number of carbonyl (C=O) groups excluding carboxylic acids is 2. The van der Waals surface area contributed by atoms with E-state index in [1.807, 2.05) is 0 Å². The lowest BCUT2D eigenvalue weighted by Crippen LogP contribution is -2.49. The maximum absolute atomic E-state index is 12.5. The topological polar surface area (TPSA) is 113 Å². The second kappa shape index (κ2) is 9.57. The molecule has 0 bridgehead atoms. The van der Waals surface area contributed by atoms with Crippen LogP contribution in [0.3, 0.4) is 0 Å². The zero-order valence-electron chi connectivity index (χ0n) is 16.3. The minimum atomic E-state index is -3.76. The molecule has 160 valence electrons. The van der Waals surface area contributed by atoms with Crippen molar-refractivity contribution in [2.45, 2.75) is 11.3 Å². The van der Waals surface area contributed by atoms with E-state index in [4.69, 9.17) is 16.7 Å². The van der Waals surface area contributed by atoms with Crippen molar-refractivity contribution in [1.82, 2.24) is 9.80 Å². The number of amides is 2. The van der Waals surface area contributed by atoms with Crippen LogP contribution in [0.15, 0.2) is 53.4 Å². The fraction of sp³-hybridized carbons (Fsp3) is 0.300. The zero-order valence-corrected chi connectivity index (χ0v) is 17.8. The molecule has 3 rings (SSSR count). The van der Waals surface area contributed by atoms with Gasteiger partial charge in [0.15, 0.2) is 0 Å². The van der Waals surface area contributed by atoms with Gasteiger partial charge < -0.3 is 10.2 Å². The highest BCUT2D eigenvalue weighted by Gasteiger charge is 2.22. The van der Waals surface area contributed by atoms with Gasteiger partial charge in [0.05, 0.1) is 4.90 Å². The molecule has 2 amide bonds. The Morgan fingerprint density at radius 1 is 0.967 bits per heavy atom. The van der Waals surface area contributed by atoms with Crippen LogP contribution >= 0.6 is 11.6 Å². The molecule has 10 heteroatoms. The molecule has 0 spiro atoms. The van der Waals surface area contributed by atoms with Crippen LogP contribution in [0.25, 0.3) is 0 Å². The highest BCUT2D eigenvalue weighted by molar-refractivity contribution is 7.89. The fourth-order valence-electron chi connectivity index (χ4n) is 3.16. The number of nitrogens with two attached hydrogens (primary N) is 1. The molecule has 2 aromatic rings. The van der Waals surface area contributed by atoms with Crippen LogP contribution < -0.4 is 10.5 Å². The smallest absolute Gasteiger partial charge is 0.253 e. The Hall–Kier alpha value is -2.46. The second-order valence-corrected chi connectivity index (χ2v) is 9.01. The highest BCUT2D eigenvalue weighted by Crippen LogP contribution is 2.15. The number of carbonyl (C=O) groups is 2. The second-order valence-electron chi connectivity index (χ2n) is 7.01. The van der Waals surface area contributed by atoms with Crippen molar-refractivity contribution in [2.75, 3.05) is 38.0 Å². The van der Waals surface area contributed by atoms with Crippen LogP contribution in [0.5, 0.6) is 0 Å². The number of sulfonamides is 1. The number of rotatable bonds is 6. The molecule has 2 aromatic carbocycles. The predicted molar refractivity (Wildman–Crippen MR) is 115 cm³/mol. The van der Waals surface area contributed by atoms with Crippen LogP contribution in [0.4, 0.5) is 5.69 Å². The SMILES string of the molecule is NS(=O)(=O)c1ccc(NC(=O)CCN2CCN(C(=O)c3ccc(Cl)cc3)CC2)cc1. The van der Waals surface area contributed by atoms with Crippen LogP contribution in [0, 0.1) is 0 Å². The fourth-order valence-corrected chi connectivity index (χ4v) is 3.80. The van der Waals surface area contributed by atoms with E-state index in [1.165, 1.54) is 24.3 Å². The molecule has 0 atom stereocenters. The van der Waals surface area contributed by atoms with Gasteiger partial charge in [-0.1, -0.05) is 11.6 Å².